The van der Waals surface area contributed by atoms with Gasteiger partial charge in [-0.25, -0.2) is 9.97 Å². The van der Waals surface area contributed by atoms with Crippen molar-refractivity contribution in [3.05, 3.63) is 52.9 Å². The van der Waals surface area contributed by atoms with Crippen LogP contribution in [-0.4, -0.2) is 45.0 Å². The number of hydrogen-bond acceptors (Lipinski definition) is 8. The molecule has 2 aliphatic heterocycles. The molecule has 0 aliphatic carbocycles. The van der Waals surface area contributed by atoms with Gasteiger partial charge in [-0.05, 0) is 12.5 Å². The van der Waals surface area contributed by atoms with Crippen molar-refractivity contribution < 1.29 is 23.2 Å². The summed E-state index contributed by atoms with van der Waals surface area (Å²) in [7, 11) is 1.64. The van der Waals surface area contributed by atoms with E-state index in [0.717, 1.165) is 18.7 Å². The lowest BCUT2D eigenvalue weighted by atomic mass is 10.1. The third kappa shape index (κ3) is 4.38. The fourth-order valence-corrected chi connectivity index (χ4v) is 4.04. The maximum atomic E-state index is 13.7. The summed E-state index contributed by atoms with van der Waals surface area (Å²) in [6.07, 6.45) is 4.86. The first-order chi connectivity index (χ1) is 17.3. The number of fused-ring (bicyclic) bond motifs is 1. The maximum absolute atomic E-state index is 13.7. The molecule has 1 saturated heterocycles. The summed E-state index contributed by atoms with van der Waals surface area (Å²) >= 11 is 6.59. The minimum atomic E-state index is -4.56. The molecule has 3 aromatic rings. The van der Waals surface area contributed by atoms with Crippen molar-refractivity contribution in [1.82, 2.24) is 19.5 Å². The van der Waals surface area contributed by atoms with Gasteiger partial charge >= 0.3 is 6.18 Å². The Morgan fingerprint density at radius 3 is 2.72 bits per heavy atom. The topological polar surface area (TPSA) is 121 Å². The molecule has 0 saturated carbocycles. The van der Waals surface area contributed by atoms with Crippen LogP contribution in [0.4, 0.5) is 30.6 Å². The number of pyridine rings is 2. The molecular weight excluding hydrogens is 499 g/mol. The van der Waals surface area contributed by atoms with Crippen molar-refractivity contribution in [2.24, 2.45) is 12.0 Å². The van der Waals surface area contributed by atoms with Crippen LogP contribution in [0.5, 0.6) is 5.75 Å². The van der Waals surface area contributed by atoms with Gasteiger partial charge in [-0.2, -0.15) is 18.2 Å². The number of aryl methyl sites for hydroxylation is 1. The van der Waals surface area contributed by atoms with Gasteiger partial charge in [0, 0.05) is 20.1 Å². The van der Waals surface area contributed by atoms with Crippen LogP contribution < -0.4 is 20.3 Å². The fourth-order valence-electron chi connectivity index (χ4n) is 3.74. The number of nitrogens with zero attached hydrogens (tertiary/aromatic N) is 6. The zero-order chi connectivity index (χ0) is 25.4. The number of allylic oxidation sites excluding steroid dienone is 2. The van der Waals surface area contributed by atoms with Crippen molar-refractivity contribution in [3.8, 4) is 5.75 Å². The Morgan fingerprint density at radius 1 is 1.28 bits per heavy atom. The number of anilines is 3. The third-order valence-electron chi connectivity index (χ3n) is 5.69. The summed E-state index contributed by atoms with van der Waals surface area (Å²) in [6, 6.07) is 1.02. The minimum absolute atomic E-state index is 0.0809. The molecule has 14 heteroatoms. The summed E-state index contributed by atoms with van der Waals surface area (Å²) < 4.78 is 48.5. The van der Waals surface area contributed by atoms with Gasteiger partial charge in [-0.3, -0.25) is 10.3 Å². The van der Waals surface area contributed by atoms with E-state index >= 15 is 0 Å². The predicted octanol–water partition coefficient (Wildman–Crippen LogP) is 3.35. The number of nitrogens with one attached hydrogen (secondary N) is 2. The Balaban J connectivity index is 1.47. The molecule has 4 N–H and O–H groups in total. The van der Waals surface area contributed by atoms with E-state index in [2.05, 4.69) is 25.3 Å². The van der Waals surface area contributed by atoms with Crippen molar-refractivity contribution in [2.75, 3.05) is 23.3 Å². The molecule has 0 radical (unpaired) electrons. The van der Waals surface area contributed by atoms with Crippen LogP contribution in [0.25, 0.3) is 11.2 Å². The van der Waals surface area contributed by atoms with E-state index in [4.69, 9.17) is 21.7 Å². The standard InChI is InChI=1S/C22H19ClF3N9O/c1-34-18-17(23)16(36-15(8-27)14-10-28-3-4-29-14)11-30-19(18)33-21(34)32-12-7-13(22(24,25)26)20(31-9-12)35-5-2-6-35/h3-4,7-11,27,29H,2,5-6H2,1H3,(H,30,32,33)/p+1/b15-14+,27-8?. The highest BCUT2D eigenvalue weighted by Crippen LogP contribution is 2.39. The van der Waals surface area contributed by atoms with Crippen LogP contribution >= 0.6 is 11.6 Å². The molecule has 1 fully saturated rings. The summed E-state index contributed by atoms with van der Waals surface area (Å²) in [5, 5.41) is 12.5. The second-order valence-electron chi connectivity index (χ2n) is 8.01. The lowest BCUT2D eigenvalue weighted by Gasteiger charge is -2.33. The number of aliphatic imine (C=N–C) groups is 1. The minimum Gasteiger partial charge on any atom is -0.446 e. The number of quaternary nitrogens is 1. The second kappa shape index (κ2) is 9.24. The Hall–Kier alpha value is -3.97. The van der Waals surface area contributed by atoms with Gasteiger partial charge in [0.1, 0.15) is 28.1 Å². The molecule has 0 unspecified atom stereocenters. The summed E-state index contributed by atoms with van der Waals surface area (Å²) in [6.45, 7) is 1.08. The molecule has 0 spiro atoms. The van der Waals surface area contributed by atoms with Gasteiger partial charge < -0.3 is 24.9 Å². The fraction of sp³-hybridized carbons (Fsp3) is 0.227. The first-order valence-corrected chi connectivity index (χ1v) is 11.2. The molecule has 10 nitrogen and oxygen atoms in total. The van der Waals surface area contributed by atoms with Gasteiger partial charge in [0.15, 0.2) is 17.1 Å². The molecule has 36 heavy (non-hydrogen) atoms. The summed E-state index contributed by atoms with van der Waals surface area (Å²) in [5.74, 6) is 0.523. The zero-order valence-corrected chi connectivity index (χ0v) is 19.6. The number of nitrogens with two attached hydrogens (primary N) is 1. The molecule has 0 aromatic carbocycles. The molecule has 186 valence electrons. The number of hydrogen-bond donors (Lipinski definition) is 3. The average Bonchev–Trinajstić information content (AvgIpc) is 3.14. The highest BCUT2D eigenvalue weighted by molar-refractivity contribution is 6.36. The van der Waals surface area contributed by atoms with Gasteiger partial charge in [0.25, 0.3) is 0 Å². The van der Waals surface area contributed by atoms with E-state index in [1.165, 1.54) is 12.4 Å². The van der Waals surface area contributed by atoms with E-state index in [-0.39, 0.29) is 39.6 Å². The number of halogens is 4. The number of alkyl halides is 3. The number of aromatic nitrogens is 4. The van der Waals surface area contributed by atoms with Gasteiger partial charge in [0.2, 0.25) is 11.7 Å². The van der Waals surface area contributed by atoms with Crippen LogP contribution in [0.15, 0.2) is 47.3 Å². The highest BCUT2D eigenvalue weighted by Gasteiger charge is 2.37. The Bertz CT molecular complexity index is 1440. The predicted molar refractivity (Wildman–Crippen MR) is 129 cm³/mol. The van der Waals surface area contributed by atoms with E-state index in [9.17, 15) is 13.2 Å². The lowest BCUT2D eigenvalue weighted by Crippen LogP contribution is -2.77. The molecule has 5 rings (SSSR count). The van der Waals surface area contributed by atoms with Crippen LogP contribution in [-0.2, 0) is 13.2 Å². The molecular formula is C22H20ClF3N9O+. The van der Waals surface area contributed by atoms with Crippen molar-refractivity contribution in [2.45, 2.75) is 12.6 Å². The molecule has 0 atom stereocenters. The monoisotopic (exact) mass is 518 g/mol. The van der Waals surface area contributed by atoms with Gasteiger partial charge in [0.05, 0.1) is 36.7 Å². The average molecular weight is 519 g/mol. The normalized spacial score (nSPS) is 16.8. The second-order valence-corrected chi connectivity index (χ2v) is 8.39. The Morgan fingerprint density at radius 2 is 2.08 bits per heavy atom. The van der Waals surface area contributed by atoms with E-state index < -0.39 is 11.7 Å². The quantitative estimate of drug-likeness (QED) is 0.340. The van der Waals surface area contributed by atoms with Gasteiger partial charge in [-0.1, -0.05) is 11.6 Å². The van der Waals surface area contributed by atoms with E-state index in [1.807, 2.05) is 0 Å². The summed E-state index contributed by atoms with van der Waals surface area (Å²) in [5.41, 5.74) is 0.534. The first kappa shape index (κ1) is 23.8. The van der Waals surface area contributed by atoms with Gasteiger partial charge in [-0.15, -0.1) is 0 Å². The van der Waals surface area contributed by atoms with E-state index in [1.54, 1.807) is 40.4 Å². The molecule has 3 aromatic heterocycles. The van der Waals surface area contributed by atoms with Crippen LogP contribution in [0.2, 0.25) is 5.02 Å². The van der Waals surface area contributed by atoms with Crippen molar-refractivity contribution in [1.29, 1.82) is 5.41 Å². The lowest BCUT2D eigenvalue weighted by molar-refractivity contribution is -0.528. The van der Waals surface area contributed by atoms with Crippen LogP contribution in [0.3, 0.4) is 0 Å². The highest BCUT2D eigenvalue weighted by atomic mass is 35.5. The third-order valence-corrected chi connectivity index (χ3v) is 6.05. The number of rotatable bonds is 6. The summed E-state index contributed by atoms with van der Waals surface area (Å²) in [4.78, 5) is 18.3. The largest absolute Gasteiger partial charge is 0.446 e. The molecule has 2 aliphatic rings. The van der Waals surface area contributed by atoms with Crippen LogP contribution in [0.1, 0.15) is 12.0 Å². The number of ether oxygens (including phenoxy) is 1. The SMILES string of the molecule is Cn1c(Nc2cnc(N3CCC3)c(C(F)(F)F)c2)nc2ncc(O/C(C=N)=C3\C=NC=C[NH2+]3)c(Cl)c21. The van der Waals surface area contributed by atoms with Crippen LogP contribution in [0, 0.1) is 5.41 Å². The first-order valence-electron chi connectivity index (χ1n) is 10.8. The Kier molecular flexibility index (Phi) is 6.10. The van der Waals surface area contributed by atoms with E-state index in [0.29, 0.717) is 24.3 Å². The van der Waals surface area contributed by atoms with Crippen molar-refractivity contribution >= 4 is 52.6 Å². The smallest absolute Gasteiger partial charge is 0.420 e. The van der Waals surface area contributed by atoms with Crippen molar-refractivity contribution in [3.63, 3.8) is 0 Å². The number of imidazole rings is 1. The maximum Gasteiger partial charge on any atom is 0.420 e. The molecule has 0 amide bonds. The molecule has 5 heterocycles. The zero-order valence-electron chi connectivity index (χ0n) is 18.8. The Labute approximate surface area is 207 Å². The molecule has 0 bridgehead atoms.